The van der Waals surface area contributed by atoms with Crippen LogP contribution in [0.2, 0.25) is 0 Å². The normalized spacial score (nSPS) is 13.4. The summed E-state index contributed by atoms with van der Waals surface area (Å²) in [5, 5.41) is 2.56. The zero-order valence-corrected chi connectivity index (χ0v) is 18.8. The van der Waals surface area contributed by atoms with Crippen LogP contribution >= 0.6 is 0 Å². The van der Waals surface area contributed by atoms with Crippen LogP contribution in [0.1, 0.15) is 18.1 Å². The minimum Gasteiger partial charge on any atom is -0.309 e. The van der Waals surface area contributed by atoms with Gasteiger partial charge in [-0.15, -0.1) is 0 Å². The first-order chi connectivity index (χ1) is 16.3. The number of benzene rings is 4. The van der Waals surface area contributed by atoms with E-state index >= 15 is 0 Å². The molecule has 0 saturated carbocycles. The molecular weight excluding hydrogens is 398 g/mol. The Morgan fingerprint density at radius 1 is 0.758 bits per heavy atom. The first kappa shape index (κ1) is 19.6. The van der Waals surface area contributed by atoms with Crippen molar-refractivity contribution in [1.82, 2.24) is 4.57 Å². The van der Waals surface area contributed by atoms with Crippen LogP contribution in [0.25, 0.3) is 44.2 Å². The summed E-state index contributed by atoms with van der Waals surface area (Å²) in [5.41, 5.74) is 11.4. The number of rotatable bonds is 4. The van der Waals surface area contributed by atoms with Gasteiger partial charge in [-0.1, -0.05) is 79.4 Å². The molecule has 5 aromatic rings. The summed E-state index contributed by atoms with van der Waals surface area (Å²) >= 11 is 0. The highest BCUT2D eigenvalue weighted by Crippen LogP contribution is 2.39. The van der Waals surface area contributed by atoms with Crippen LogP contribution in [-0.2, 0) is 6.42 Å². The summed E-state index contributed by atoms with van der Waals surface area (Å²) in [4.78, 5) is 0. The van der Waals surface area contributed by atoms with E-state index in [1.807, 2.05) is 6.08 Å². The van der Waals surface area contributed by atoms with Gasteiger partial charge in [0.1, 0.15) is 0 Å². The smallest absolute Gasteiger partial charge is 0.0541 e. The van der Waals surface area contributed by atoms with E-state index in [2.05, 4.69) is 121 Å². The van der Waals surface area contributed by atoms with Gasteiger partial charge in [0.05, 0.1) is 11.0 Å². The number of allylic oxidation sites excluding steroid dienone is 5. The minimum atomic E-state index is 0.977. The Hall–Kier alpha value is -4.10. The van der Waals surface area contributed by atoms with Crippen LogP contribution in [-0.4, -0.2) is 4.57 Å². The molecule has 4 aromatic carbocycles. The maximum atomic E-state index is 4.09. The fourth-order valence-corrected chi connectivity index (χ4v) is 5.23. The van der Waals surface area contributed by atoms with Gasteiger partial charge in [-0.25, -0.2) is 0 Å². The van der Waals surface area contributed by atoms with Crippen molar-refractivity contribution in [2.24, 2.45) is 0 Å². The van der Waals surface area contributed by atoms with Crippen LogP contribution in [0.3, 0.4) is 0 Å². The molecule has 0 fully saturated rings. The van der Waals surface area contributed by atoms with Gasteiger partial charge in [0, 0.05) is 16.5 Å². The maximum Gasteiger partial charge on any atom is 0.0541 e. The van der Waals surface area contributed by atoms with Crippen LogP contribution in [0.15, 0.2) is 121 Å². The Morgan fingerprint density at radius 3 is 2.30 bits per heavy atom. The van der Waals surface area contributed by atoms with Gasteiger partial charge in [-0.3, -0.25) is 0 Å². The summed E-state index contributed by atoms with van der Waals surface area (Å²) in [6.07, 6.45) is 7.30. The quantitative estimate of drug-likeness (QED) is 0.273. The molecule has 0 bridgehead atoms. The summed E-state index contributed by atoms with van der Waals surface area (Å²) in [5.74, 6) is 0. The average molecular weight is 424 g/mol. The summed E-state index contributed by atoms with van der Waals surface area (Å²) in [6.45, 7) is 6.16. The Morgan fingerprint density at radius 2 is 1.48 bits per heavy atom. The van der Waals surface area contributed by atoms with Crippen LogP contribution in [0.4, 0.5) is 0 Å². The number of hydrogen-bond acceptors (Lipinski definition) is 0. The lowest BCUT2D eigenvalue weighted by atomic mass is 9.97. The second-order valence-corrected chi connectivity index (χ2v) is 8.61. The van der Waals surface area contributed by atoms with E-state index in [0.717, 1.165) is 6.42 Å². The van der Waals surface area contributed by atoms with Crippen LogP contribution in [0.5, 0.6) is 0 Å². The average Bonchev–Trinajstić information content (AvgIpc) is 3.38. The van der Waals surface area contributed by atoms with Crippen molar-refractivity contribution >= 4 is 27.4 Å². The molecule has 1 aliphatic carbocycles. The molecule has 33 heavy (non-hydrogen) atoms. The van der Waals surface area contributed by atoms with Crippen LogP contribution in [0, 0.1) is 0 Å². The third-order valence-corrected chi connectivity index (χ3v) is 6.72. The molecule has 0 unspecified atom stereocenters. The molecule has 0 saturated heterocycles. The molecule has 0 spiro atoms. The molecule has 1 heteroatoms. The molecular formula is C32H25N. The lowest BCUT2D eigenvalue weighted by molar-refractivity contribution is 1.18. The van der Waals surface area contributed by atoms with E-state index in [0.29, 0.717) is 0 Å². The Labute approximate surface area is 194 Å². The minimum absolute atomic E-state index is 0.977. The Kier molecular flexibility index (Phi) is 4.62. The Bertz CT molecular complexity index is 1590. The third kappa shape index (κ3) is 3.08. The highest BCUT2D eigenvalue weighted by atomic mass is 15.0. The molecule has 1 nitrogen and oxygen atoms in total. The number of fused-ring (bicyclic) bond motifs is 4. The van der Waals surface area contributed by atoms with E-state index in [1.165, 1.54) is 60.9 Å². The highest BCUT2D eigenvalue weighted by molar-refractivity contribution is 6.10. The molecule has 0 aliphatic heterocycles. The number of aromatic nitrogens is 1. The van der Waals surface area contributed by atoms with Crippen molar-refractivity contribution < 1.29 is 0 Å². The predicted octanol–water partition coefficient (Wildman–Crippen LogP) is 8.52. The van der Waals surface area contributed by atoms with Crippen molar-refractivity contribution in [1.29, 1.82) is 0 Å². The number of nitrogens with zero attached hydrogens (tertiary/aromatic N) is 1. The number of para-hydroxylation sites is 2. The van der Waals surface area contributed by atoms with Gasteiger partial charge in [0.15, 0.2) is 0 Å². The van der Waals surface area contributed by atoms with E-state index in [-0.39, 0.29) is 0 Å². The maximum absolute atomic E-state index is 4.09. The van der Waals surface area contributed by atoms with Gasteiger partial charge in [0.2, 0.25) is 0 Å². The van der Waals surface area contributed by atoms with Crippen molar-refractivity contribution in [3.05, 3.63) is 133 Å². The topological polar surface area (TPSA) is 4.93 Å². The zero-order chi connectivity index (χ0) is 22.4. The van der Waals surface area contributed by atoms with Crippen molar-refractivity contribution in [3.63, 3.8) is 0 Å². The molecule has 158 valence electrons. The van der Waals surface area contributed by atoms with Crippen molar-refractivity contribution in [2.75, 3.05) is 0 Å². The lowest BCUT2D eigenvalue weighted by Gasteiger charge is -2.09. The fourth-order valence-electron chi connectivity index (χ4n) is 5.23. The molecule has 0 N–H and O–H groups in total. The molecule has 1 aromatic heterocycles. The van der Waals surface area contributed by atoms with E-state index in [4.69, 9.17) is 0 Å². The molecule has 1 aliphatic rings. The van der Waals surface area contributed by atoms with Gasteiger partial charge in [-0.2, -0.15) is 0 Å². The highest BCUT2D eigenvalue weighted by Gasteiger charge is 2.19. The van der Waals surface area contributed by atoms with E-state index in [1.54, 1.807) is 0 Å². The molecule has 0 amide bonds. The SMILES string of the molecule is C=CC1=C(/C=C\C)Cc2ccc(-c3ccc4c(c3)c3ccccc3n4-c3ccccc3)cc21. The third-order valence-electron chi connectivity index (χ3n) is 6.72. The van der Waals surface area contributed by atoms with Crippen LogP contribution < -0.4 is 0 Å². The molecule has 1 heterocycles. The lowest BCUT2D eigenvalue weighted by Crippen LogP contribution is -1.92. The Balaban J connectivity index is 1.55. The van der Waals surface area contributed by atoms with Gasteiger partial charge < -0.3 is 4.57 Å². The second-order valence-electron chi connectivity index (χ2n) is 8.61. The summed E-state index contributed by atoms with van der Waals surface area (Å²) in [6, 6.07) is 33.0. The summed E-state index contributed by atoms with van der Waals surface area (Å²) < 4.78 is 2.36. The van der Waals surface area contributed by atoms with Crippen molar-refractivity contribution in [3.8, 4) is 16.8 Å². The molecule has 6 rings (SSSR count). The van der Waals surface area contributed by atoms with Gasteiger partial charge >= 0.3 is 0 Å². The number of hydrogen-bond donors (Lipinski definition) is 0. The van der Waals surface area contributed by atoms with Gasteiger partial charge in [0.25, 0.3) is 0 Å². The van der Waals surface area contributed by atoms with E-state index in [9.17, 15) is 0 Å². The first-order valence-corrected chi connectivity index (χ1v) is 11.5. The summed E-state index contributed by atoms with van der Waals surface area (Å²) in [7, 11) is 0. The largest absolute Gasteiger partial charge is 0.309 e. The molecule has 0 radical (unpaired) electrons. The van der Waals surface area contributed by atoms with Crippen molar-refractivity contribution in [2.45, 2.75) is 13.3 Å². The monoisotopic (exact) mass is 423 g/mol. The standard InChI is InChI=1S/C32H25N/c1-3-10-24-19-25-16-15-22(20-29(25)27(24)4-2)23-17-18-32-30(21-23)28-13-8-9-14-31(28)33(32)26-11-6-5-7-12-26/h3-18,20-21H,2,19H2,1H3/b10-3-. The van der Waals surface area contributed by atoms with E-state index < -0.39 is 0 Å². The molecule has 0 atom stereocenters. The second kappa shape index (κ2) is 7.79. The van der Waals surface area contributed by atoms with Gasteiger partial charge in [-0.05, 0) is 83.1 Å². The first-order valence-electron chi connectivity index (χ1n) is 11.5. The predicted molar refractivity (Wildman–Crippen MR) is 142 cm³/mol. The zero-order valence-electron chi connectivity index (χ0n) is 18.8. The fraction of sp³-hybridized carbons (Fsp3) is 0.0625.